The molecule has 2 aliphatic heterocycles. The van der Waals surface area contributed by atoms with Crippen LogP contribution < -0.4 is 5.32 Å². The molecule has 4 rings (SSSR count). The van der Waals surface area contributed by atoms with Crippen molar-refractivity contribution >= 4 is 28.2 Å². The summed E-state index contributed by atoms with van der Waals surface area (Å²) in [4.78, 5) is 21.8. The summed E-state index contributed by atoms with van der Waals surface area (Å²) in [5.41, 5.74) is 1.12. The van der Waals surface area contributed by atoms with Crippen molar-refractivity contribution in [1.82, 2.24) is 25.0 Å². The first-order valence-corrected chi connectivity index (χ1v) is 11.4. The standard InChI is InChI=1S/C21H30N6OS/c1-15-6-12-27(13-7-15)20(28)14-26-10-8-17(9-11-26)18-4-3-5-19(22-18)23-21-25-24-16(2)29-21/h3-5,15,17H,6-14H2,1-2H3,(H,22,23,25). The van der Waals surface area contributed by atoms with Crippen molar-refractivity contribution in [3.8, 4) is 0 Å². The number of anilines is 2. The Morgan fingerprint density at radius 2 is 1.90 bits per heavy atom. The number of aromatic nitrogens is 3. The van der Waals surface area contributed by atoms with E-state index in [1.807, 2.05) is 19.1 Å². The number of hydrogen-bond acceptors (Lipinski definition) is 7. The van der Waals surface area contributed by atoms with Gasteiger partial charge in [0.05, 0.1) is 6.54 Å². The second kappa shape index (κ2) is 9.17. The lowest BCUT2D eigenvalue weighted by molar-refractivity contribution is -0.134. The molecule has 2 aromatic rings. The SMILES string of the molecule is Cc1nnc(Nc2cccc(C3CCN(CC(=O)N4CCC(C)CC4)CC3)n2)s1. The molecule has 2 saturated heterocycles. The average molecular weight is 415 g/mol. The molecule has 1 amide bonds. The molecule has 0 saturated carbocycles. The molecular weight excluding hydrogens is 384 g/mol. The minimum atomic E-state index is 0.298. The molecular formula is C21H30N6OS. The van der Waals surface area contributed by atoms with Gasteiger partial charge < -0.3 is 10.2 Å². The van der Waals surface area contributed by atoms with Crippen LogP contribution in [0, 0.1) is 12.8 Å². The Morgan fingerprint density at radius 3 is 2.59 bits per heavy atom. The van der Waals surface area contributed by atoms with Crippen molar-refractivity contribution in [3.05, 3.63) is 28.9 Å². The number of hydrogen-bond donors (Lipinski definition) is 1. The summed E-state index contributed by atoms with van der Waals surface area (Å²) in [6.07, 6.45) is 4.36. The molecule has 0 atom stereocenters. The van der Waals surface area contributed by atoms with Gasteiger partial charge in [0.25, 0.3) is 0 Å². The normalized spacial score (nSPS) is 19.4. The Morgan fingerprint density at radius 1 is 1.14 bits per heavy atom. The van der Waals surface area contributed by atoms with E-state index in [-0.39, 0.29) is 0 Å². The largest absolute Gasteiger partial charge is 0.342 e. The maximum absolute atomic E-state index is 12.6. The lowest BCUT2D eigenvalue weighted by Crippen LogP contribution is -2.45. The third kappa shape index (κ3) is 5.30. The van der Waals surface area contributed by atoms with E-state index in [1.165, 1.54) is 11.3 Å². The first kappa shape index (κ1) is 20.2. The van der Waals surface area contributed by atoms with Crippen LogP contribution >= 0.6 is 11.3 Å². The Labute approximate surface area is 176 Å². The van der Waals surface area contributed by atoms with Crippen LogP contribution in [0.25, 0.3) is 0 Å². The van der Waals surface area contributed by atoms with Crippen LogP contribution in [0.4, 0.5) is 10.9 Å². The Bertz CT molecular complexity index is 824. The zero-order valence-electron chi connectivity index (χ0n) is 17.3. The highest BCUT2D eigenvalue weighted by molar-refractivity contribution is 7.15. The number of rotatable bonds is 5. The number of carbonyl (C=O) groups excluding carboxylic acids is 1. The topological polar surface area (TPSA) is 74.2 Å². The van der Waals surface area contributed by atoms with Gasteiger partial charge in [-0.3, -0.25) is 9.69 Å². The minimum absolute atomic E-state index is 0.298. The van der Waals surface area contributed by atoms with Gasteiger partial charge in [-0.2, -0.15) is 0 Å². The molecule has 2 aliphatic rings. The molecule has 2 fully saturated rings. The van der Waals surface area contributed by atoms with Gasteiger partial charge in [-0.05, 0) is 63.7 Å². The van der Waals surface area contributed by atoms with Crippen LogP contribution in [-0.2, 0) is 4.79 Å². The number of piperidine rings is 2. The first-order chi connectivity index (χ1) is 14.1. The van der Waals surface area contributed by atoms with Crippen molar-refractivity contribution in [2.24, 2.45) is 5.92 Å². The highest BCUT2D eigenvalue weighted by atomic mass is 32.1. The van der Waals surface area contributed by atoms with Crippen molar-refractivity contribution < 1.29 is 4.79 Å². The smallest absolute Gasteiger partial charge is 0.236 e. The predicted molar refractivity (Wildman–Crippen MR) is 116 cm³/mol. The number of amides is 1. The fraction of sp³-hybridized carbons (Fsp3) is 0.619. The van der Waals surface area contributed by atoms with Gasteiger partial charge >= 0.3 is 0 Å². The molecule has 0 aliphatic carbocycles. The summed E-state index contributed by atoms with van der Waals surface area (Å²) in [5, 5.41) is 13.1. The molecule has 0 radical (unpaired) electrons. The van der Waals surface area contributed by atoms with Crippen LogP contribution in [0.3, 0.4) is 0 Å². The lowest BCUT2D eigenvalue weighted by Gasteiger charge is -2.35. The van der Waals surface area contributed by atoms with E-state index >= 15 is 0 Å². The zero-order chi connectivity index (χ0) is 20.2. The molecule has 156 valence electrons. The third-order valence-corrected chi connectivity index (χ3v) is 6.79. The number of pyridine rings is 1. The summed E-state index contributed by atoms with van der Waals surface area (Å²) in [5.74, 6) is 2.31. The molecule has 8 heteroatoms. The second-order valence-electron chi connectivity index (χ2n) is 8.31. The van der Waals surface area contributed by atoms with E-state index in [1.54, 1.807) is 0 Å². The minimum Gasteiger partial charge on any atom is -0.342 e. The molecule has 0 aromatic carbocycles. The van der Waals surface area contributed by atoms with Crippen molar-refractivity contribution in [1.29, 1.82) is 0 Å². The van der Waals surface area contributed by atoms with E-state index in [4.69, 9.17) is 4.98 Å². The lowest BCUT2D eigenvalue weighted by atomic mass is 9.93. The summed E-state index contributed by atoms with van der Waals surface area (Å²) in [6.45, 7) is 8.54. The average Bonchev–Trinajstić information content (AvgIpc) is 3.14. The molecule has 0 unspecified atom stereocenters. The monoisotopic (exact) mass is 414 g/mol. The maximum atomic E-state index is 12.6. The predicted octanol–water partition coefficient (Wildman–Crippen LogP) is 3.42. The quantitative estimate of drug-likeness (QED) is 0.808. The molecule has 0 bridgehead atoms. The molecule has 0 spiro atoms. The van der Waals surface area contributed by atoms with Gasteiger partial charge in [0, 0.05) is 24.7 Å². The fourth-order valence-corrected chi connectivity index (χ4v) is 4.74. The van der Waals surface area contributed by atoms with Gasteiger partial charge in [0.2, 0.25) is 11.0 Å². The van der Waals surface area contributed by atoms with E-state index < -0.39 is 0 Å². The Kier molecular flexibility index (Phi) is 6.40. The third-order valence-electron chi connectivity index (χ3n) is 6.03. The number of likely N-dealkylation sites (tertiary alicyclic amines) is 2. The number of aryl methyl sites for hydroxylation is 1. The molecule has 1 N–H and O–H groups in total. The van der Waals surface area contributed by atoms with E-state index in [0.29, 0.717) is 18.4 Å². The number of nitrogens with zero attached hydrogens (tertiary/aromatic N) is 5. The highest BCUT2D eigenvalue weighted by Gasteiger charge is 2.26. The van der Waals surface area contributed by atoms with Crippen LogP contribution in [0.5, 0.6) is 0 Å². The van der Waals surface area contributed by atoms with Gasteiger partial charge in [-0.15, -0.1) is 10.2 Å². The molecule has 7 nitrogen and oxygen atoms in total. The second-order valence-corrected chi connectivity index (χ2v) is 9.49. The van der Waals surface area contributed by atoms with Gasteiger partial charge in [-0.25, -0.2) is 4.98 Å². The van der Waals surface area contributed by atoms with Crippen LogP contribution in [0.15, 0.2) is 18.2 Å². The highest BCUT2D eigenvalue weighted by Crippen LogP contribution is 2.28. The van der Waals surface area contributed by atoms with E-state index in [9.17, 15) is 4.79 Å². The van der Waals surface area contributed by atoms with Gasteiger partial charge in [0.15, 0.2) is 0 Å². The van der Waals surface area contributed by atoms with Gasteiger partial charge in [0.1, 0.15) is 10.8 Å². The van der Waals surface area contributed by atoms with Crippen LogP contribution in [-0.4, -0.2) is 63.6 Å². The van der Waals surface area contributed by atoms with Crippen molar-refractivity contribution in [2.75, 3.05) is 38.0 Å². The molecule has 29 heavy (non-hydrogen) atoms. The first-order valence-electron chi connectivity index (χ1n) is 10.6. The van der Waals surface area contributed by atoms with Crippen LogP contribution in [0.1, 0.15) is 49.2 Å². The van der Waals surface area contributed by atoms with E-state index in [0.717, 1.165) is 79.4 Å². The van der Waals surface area contributed by atoms with Crippen molar-refractivity contribution in [2.45, 2.75) is 45.4 Å². The Hall–Kier alpha value is -2.06. The molecule has 4 heterocycles. The summed E-state index contributed by atoms with van der Waals surface area (Å²) in [7, 11) is 0. The van der Waals surface area contributed by atoms with Gasteiger partial charge in [-0.1, -0.05) is 24.3 Å². The number of carbonyl (C=O) groups is 1. The fourth-order valence-electron chi connectivity index (χ4n) is 4.14. The zero-order valence-corrected chi connectivity index (χ0v) is 18.1. The van der Waals surface area contributed by atoms with Crippen LogP contribution in [0.2, 0.25) is 0 Å². The van der Waals surface area contributed by atoms with E-state index in [2.05, 4.69) is 38.3 Å². The Balaban J connectivity index is 1.28. The summed E-state index contributed by atoms with van der Waals surface area (Å²) in [6, 6.07) is 6.12. The summed E-state index contributed by atoms with van der Waals surface area (Å²) < 4.78 is 0. The van der Waals surface area contributed by atoms with Crippen molar-refractivity contribution in [3.63, 3.8) is 0 Å². The number of nitrogens with one attached hydrogen (secondary N) is 1. The maximum Gasteiger partial charge on any atom is 0.236 e. The summed E-state index contributed by atoms with van der Waals surface area (Å²) >= 11 is 1.53. The molecule has 2 aromatic heterocycles.